The average molecular weight is 593 g/mol. The van der Waals surface area contributed by atoms with Gasteiger partial charge in [-0.25, -0.2) is 14.5 Å². The molecule has 2 aromatic carbocycles. The maximum absolute atomic E-state index is 12.2. The molecule has 8 nitrogen and oxygen atoms in total. The lowest BCUT2D eigenvalue weighted by atomic mass is 9.84. The summed E-state index contributed by atoms with van der Waals surface area (Å²) in [5, 5.41) is 23.6. The van der Waals surface area contributed by atoms with E-state index in [0.717, 1.165) is 43.4 Å². The van der Waals surface area contributed by atoms with Crippen molar-refractivity contribution in [2.75, 3.05) is 13.1 Å². The summed E-state index contributed by atoms with van der Waals surface area (Å²) < 4.78 is 1.65. The standard InChI is InChI=1S/C36H40N4O4/c1-4-32-30(36(43)44)21-37-40(32)33-10-6-9-31(38-33)29-8-5-7-25-11-14-28(34(25)29)20-26-12-13-27(19-22(26)2)24-15-17-39(18-16-24)35(42)23(3)41/h5-10,12-13,19,21,23-24,28,41H,4,11,14-18,20H2,1-3H3,(H,43,44)/t23-,28?/m0/s1. The Hall–Kier alpha value is -4.30. The first-order valence-electron chi connectivity index (χ1n) is 15.7. The van der Waals surface area contributed by atoms with E-state index in [1.807, 2.05) is 25.1 Å². The molecule has 44 heavy (non-hydrogen) atoms. The van der Waals surface area contributed by atoms with Gasteiger partial charge < -0.3 is 15.1 Å². The van der Waals surface area contributed by atoms with Crippen LogP contribution in [0.3, 0.4) is 0 Å². The van der Waals surface area contributed by atoms with Crippen molar-refractivity contribution >= 4 is 11.9 Å². The van der Waals surface area contributed by atoms with Crippen LogP contribution in [0.5, 0.6) is 0 Å². The van der Waals surface area contributed by atoms with E-state index in [0.29, 0.717) is 42.9 Å². The van der Waals surface area contributed by atoms with Gasteiger partial charge in [-0.05, 0) is 104 Å². The van der Waals surface area contributed by atoms with E-state index in [2.05, 4.69) is 48.4 Å². The number of aliphatic hydroxyl groups excluding tert-OH is 1. The number of likely N-dealkylation sites (tertiary alicyclic amines) is 1. The van der Waals surface area contributed by atoms with E-state index in [1.165, 1.54) is 40.9 Å². The van der Waals surface area contributed by atoms with Gasteiger partial charge in [-0.3, -0.25) is 4.79 Å². The van der Waals surface area contributed by atoms with Crippen molar-refractivity contribution < 1.29 is 19.8 Å². The molecule has 1 saturated heterocycles. The van der Waals surface area contributed by atoms with Crippen molar-refractivity contribution in [3.8, 4) is 17.1 Å². The lowest BCUT2D eigenvalue weighted by Crippen LogP contribution is -2.42. The van der Waals surface area contributed by atoms with Gasteiger partial charge in [0.2, 0.25) is 0 Å². The van der Waals surface area contributed by atoms with Crippen LogP contribution in [-0.2, 0) is 24.1 Å². The maximum Gasteiger partial charge on any atom is 0.339 e. The fourth-order valence-corrected chi connectivity index (χ4v) is 7.16. The van der Waals surface area contributed by atoms with Crippen molar-refractivity contribution in [2.24, 2.45) is 0 Å². The Morgan fingerprint density at radius 3 is 2.52 bits per heavy atom. The molecular formula is C36H40N4O4. The molecule has 2 N–H and O–H groups in total. The number of aromatic carboxylic acids is 1. The van der Waals surface area contributed by atoms with Crippen LogP contribution in [0.15, 0.2) is 60.8 Å². The third kappa shape index (κ3) is 5.66. The molecule has 8 heteroatoms. The minimum absolute atomic E-state index is 0.174. The van der Waals surface area contributed by atoms with E-state index in [-0.39, 0.29) is 11.5 Å². The zero-order chi connectivity index (χ0) is 31.0. The number of hydrogen-bond donors (Lipinski definition) is 2. The summed E-state index contributed by atoms with van der Waals surface area (Å²) in [6.07, 6.45) is 5.91. The number of carbonyl (C=O) groups is 2. The summed E-state index contributed by atoms with van der Waals surface area (Å²) in [6.45, 7) is 7.05. The molecule has 2 aliphatic rings. The van der Waals surface area contributed by atoms with E-state index < -0.39 is 12.1 Å². The summed E-state index contributed by atoms with van der Waals surface area (Å²) in [4.78, 5) is 30.7. The predicted octanol–water partition coefficient (Wildman–Crippen LogP) is 5.86. The summed E-state index contributed by atoms with van der Waals surface area (Å²) in [5.41, 5.74) is 9.56. The Kier molecular flexibility index (Phi) is 8.36. The van der Waals surface area contributed by atoms with Crippen LogP contribution in [0.4, 0.5) is 0 Å². The summed E-state index contributed by atoms with van der Waals surface area (Å²) in [6, 6.07) is 19.3. The number of pyridine rings is 1. The zero-order valence-corrected chi connectivity index (χ0v) is 25.7. The van der Waals surface area contributed by atoms with Crippen LogP contribution in [0.25, 0.3) is 17.1 Å². The number of carbonyl (C=O) groups excluding carboxylic acids is 1. The maximum atomic E-state index is 12.2. The Morgan fingerprint density at radius 1 is 1.05 bits per heavy atom. The quantitative estimate of drug-likeness (QED) is 0.265. The predicted molar refractivity (Wildman–Crippen MR) is 169 cm³/mol. The second-order valence-corrected chi connectivity index (χ2v) is 12.2. The summed E-state index contributed by atoms with van der Waals surface area (Å²) in [7, 11) is 0. The number of fused-ring (bicyclic) bond motifs is 1. The van der Waals surface area contributed by atoms with Crippen LogP contribution in [-0.4, -0.2) is 60.9 Å². The first-order chi connectivity index (χ1) is 21.2. The number of amides is 1. The highest BCUT2D eigenvalue weighted by Gasteiger charge is 2.29. The highest BCUT2D eigenvalue weighted by atomic mass is 16.4. The van der Waals surface area contributed by atoms with Crippen LogP contribution >= 0.6 is 0 Å². The second kappa shape index (κ2) is 12.4. The van der Waals surface area contributed by atoms with Gasteiger partial charge in [0.15, 0.2) is 5.82 Å². The Bertz CT molecular complexity index is 1700. The molecule has 2 atom stereocenters. The van der Waals surface area contributed by atoms with E-state index >= 15 is 0 Å². The number of benzene rings is 2. The monoisotopic (exact) mass is 592 g/mol. The molecule has 1 fully saturated rings. The molecule has 0 radical (unpaired) electrons. The average Bonchev–Trinajstić information content (AvgIpc) is 3.66. The fourth-order valence-electron chi connectivity index (χ4n) is 7.16. The molecule has 2 aromatic heterocycles. The number of aromatic nitrogens is 3. The number of aliphatic hydroxyl groups is 1. The molecule has 0 bridgehead atoms. The molecule has 6 rings (SSSR count). The van der Waals surface area contributed by atoms with Crippen LogP contribution < -0.4 is 0 Å². The smallest absolute Gasteiger partial charge is 0.339 e. The van der Waals surface area contributed by atoms with Gasteiger partial charge in [-0.2, -0.15) is 5.10 Å². The molecular weight excluding hydrogens is 552 g/mol. The lowest BCUT2D eigenvalue weighted by Gasteiger charge is -2.33. The first kappa shape index (κ1) is 29.8. The van der Waals surface area contributed by atoms with E-state index in [4.69, 9.17) is 4.98 Å². The number of aryl methyl sites for hydroxylation is 2. The van der Waals surface area contributed by atoms with Gasteiger partial charge in [0.1, 0.15) is 11.7 Å². The molecule has 1 aliphatic carbocycles. The summed E-state index contributed by atoms with van der Waals surface area (Å²) in [5.74, 6) is 0.262. The second-order valence-electron chi connectivity index (χ2n) is 12.2. The number of carboxylic acid groups (broad SMARTS) is 1. The zero-order valence-electron chi connectivity index (χ0n) is 25.7. The van der Waals surface area contributed by atoms with Gasteiger partial charge in [0, 0.05) is 18.7 Å². The third-order valence-electron chi connectivity index (χ3n) is 9.50. The molecule has 1 aliphatic heterocycles. The SMILES string of the molecule is CCc1c(C(=O)O)cnn1-c1cccc(-c2cccc3c2C(Cc2ccc(C4CCN(C(=O)[C@H](C)O)CC4)cc2C)CC3)n1. The number of piperidine rings is 1. The minimum Gasteiger partial charge on any atom is -0.478 e. The van der Waals surface area contributed by atoms with Crippen molar-refractivity contribution in [3.05, 3.63) is 99.9 Å². The van der Waals surface area contributed by atoms with Gasteiger partial charge in [0.25, 0.3) is 5.91 Å². The number of rotatable bonds is 8. The number of nitrogens with zero attached hydrogens (tertiary/aromatic N) is 4. The Morgan fingerprint density at radius 2 is 1.82 bits per heavy atom. The van der Waals surface area contributed by atoms with Crippen molar-refractivity contribution in [1.29, 1.82) is 0 Å². The summed E-state index contributed by atoms with van der Waals surface area (Å²) >= 11 is 0. The molecule has 1 unspecified atom stereocenters. The fraction of sp³-hybridized carbons (Fsp3) is 0.389. The van der Waals surface area contributed by atoms with Gasteiger partial charge >= 0.3 is 5.97 Å². The Labute approximate surface area is 258 Å². The van der Waals surface area contributed by atoms with Gasteiger partial charge in [-0.15, -0.1) is 0 Å². The van der Waals surface area contributed by atoms with Crippen molar-refractivity contribution in [3.63, 3.8) is 0 Å². The van der Waals surface area contributed by atoms with Gasteiger partial charge in [-0.1, -0.05) is 49.4 Å². The molecule has 4 aromatic rings. The molecule has 228 valence electrons. The molecule has 0 saturated carbocycles. The van der Waals surface area contributed by atoms with Crippen molar-refractivity contribution in [2.45, 2.75) is 77.2 Å². The van der Waals surface area contributed by atoms with Gasteiger partial charge in [0.05, 0.1) is 17.6 Å². The first-order valence-corrected chi connectivity index (χ1v) is 15.7. The molecule has 3 heterocycles. The van der Waals surface area contributed by atoms with Crippen LogP contribution in [0, 0.1) is 6.92 Å². The number of hydrogen-bond acceptors (Lipinski definition) is 5. The number of carboxylic acids is 1. The minimum atomic E-state index is -0.981. The molecule has 0 spiro atoms. The van der Waals surface area contributed by atoms with Crippen LogP contribution in [0.2, 0.25) is 0 Å². The lowest BCUT2D eigenvalue weighted by molar-refractivity contribution is -0.140. The highest BCUT2D eigenvalue weighted by molar-refractivity contribution is 5.88. The van der Waals surface area contributed by atoms with Crippen molar-refractivity contribution in [1.82, 2.24) is 19.7 Å². The topological polar surface area (TPSA) is 109 Å². The largest absolute Gasteiger partial charge is 0.478 e. The molecule has 1 amide bonds. The van der Waals surface area contributed by atoms with E-state index in [1.54, 1.807) is 9.58 Å². The highest BCUT2D eigenvalue weighted by Crippen LogP contribution is 2.42. The van der Waals surface area contributed by atoms with Crippen LogP contribution in [0.1, 0.15) is 88.8 Å². The normalized spacial score (nSPS) is 17.5. The third-order valence-corrected chi connectivity index (χ3v) is 9.50. The van der Waals surface area contributed by atoms with E-state index in [9.17, 15) is 19.8 Å². The Balaban J connectivity index is 1.23.